The molecule has 4 nitrogen and oxygen atoms in total. The molecular weight excluding hydrogens is 454 g/mol. The van der Waals surface area contributed by atoms with Crippen LogP contribution in [0.15, 0.2) is 79.0 Å². The summed E-state index contributed by atoms with van der Waals surface area (Å²) in [5.41, 5.74) is 5.65. The number of likely N-dealkylation sites (N-methyl/N-ethyl adjacent to an activating group) is 1. The Bertz CT molecular complexity index is 1270. The normalized spacial score (nSPS) is 12.3. The predicted molar refractivity (Wildman–Crippen MR) is 146 cm³/mol. The van der Waals surface area contributed by atoms with Crippen molar-refractivity contribution in [2.24, 2.45) is 0 Å². The lowest BCUT2D eigenvalue weighted by Crippen LogP contribution is -2.37. The predicted octanol–water partition coefficient (Wildman–Crippen LogP) is 6.50. The van der Waals surface area contributed by atoms with Crippen molar-refractivity contribution in [2.45, 2.75) is 32.2 Å². The van der Waals surface area contributed by atoms with Gasteiger partial charge in [0, 0.05) is 54.1 Å². The summed E-state index contributed by atoms with van der Waals surface area (Å²) < 4.78 is 0. The van der Waals surface area contributed by atoms with Gasteiger partial charge in [-0.3, -0.25) is 4.79 Å². The minimum Gasteiger partial charge on any atom is -0.361 e. The van der Waals surface area contributed by atoms with E-state index in [9.17, 15) is 4.79 Å². The van der Waals surface area contributed by atoms with Crippen LogP contribution < -0.4 is 0 Å². The molecule has 4 aromatic rings. The minimum atomic E-state index is -0.144. The standard InChI is InChI=1S/C30H34ClN3O/c1-4-23-13-10-15-25-27(20-32-30(23)25)26(24-14-8-9-16-28(24)31)19-29(35)34(18-17-33(2)3)21-22-11-6-5-7-12-22/h5-16,20,26,32H,4,17-19,21H2,1-3H3/t26-/m0/s1. The third-order valence-corrected chi connectivity index (χ3v) is 6.98. The third-order valence-electron chi connectivity index (χ3n) is 6.64. The number of aryl methyl sites for hydroxylation is 1. The maximum atomic E-state index is 13.9. The highest BCUT2D eigenvalue weighted by Crippen LogP contribution is 2.38. The molecule has 0 saturated carbocycles. The Morgan fingerprint density at radius 2 is 1.66 bits per heavy atom. The van der Waals surface area contributed by atoms with E-state index in [0.717, 1.165) is 40.6 Å². The average Bonchev–Trinajstić information content (AvgIpc) is 3.30. The lowest BCUT2D eigenvalue weighted by molar-refractivity contribution is -0.132. The molecule has 35 heavy (non-hydrogen) atoms. The Hall–Kier alpha value is -3.08. The summed E-state index contributed by atoms with van der Waals surface area (Å²) in [5.74, 6) is -0.0173. The molecule has 0 bridgehead atoms. The highest BCUT2D eigenvalue weighted by molar-refractivity contribution is 6.31. The molecule has 0 fully saturated rings. The van der Waals surface area contributed by atoms with Crippen molar-refractivity contribution in [3.05, 3.63) is 106 Å². The first kappa shape index (κ1) is 25.0. The molecular formula is C30H34ClN3O. The molecule has 0 spiro atoms. The number of carbonyl (C=O) groups excluding carboxylic acids is 1. The number of amides is 1. The van der Waals surface area contributed by atoms with Crippen molar-refractivity contribution in [1.82, 2.24) is 14.8 Å². The summed E-state index contributed by atoms with van der Waals surface area (Å²) in [5, 5.41) is 1.85. The van der Waals surface area contributed by atoms with Crippen LogP contribution in [0.2, 0.25) is 5.02 Å². The molecule has 0 aliphatic carbocycles. The van der Waals surface area contributed by atoms with E-state index in [4.69, 9.17) is 11.6 Å². The number of aromatic nitrogens is 1. The average molecular weight is 488 g/mol. The topological polar surface area (TPSA) is 39.3 Å². The maximum absolute atomic E-state index is 13.9. The number of nitrogens with zero attached hydrogens (tertiary/aromatic N) is 2. The van der Waals surface area contributed by atoms with Crippen molar-refractivity contribution >= 4 is 28.4 Å². The minimum absolute atomic E-state index is 0.126. The van der Waals surface area contributed by atoms with Gasteiger partial charge in [-0.15, -0.1) is 0 Å². The van der Waals surface area contributed by atoms with Crippen molar-refractivity contribution in [2.75, 3.05) is 27.2 Å². The van der Waals surface area contributed by atoms with E-state index in [-0.39, 0.29) is 11.8 Å². The van der Waals surface area contributed by atoms with Gasteiger partial charge >= 0.3 is 0 Å². The molecule has 1 atom stereocenters. The van der Waals surface area contributed by atoms with Gasteiger partial charge in [-0.2, -0.15) is 0 Å². The molecule has 4 rings (SSSR count). The Morgan fingerprint density at radius 1 is 0.914 bits per heavy atom. The zero-order valence-corrected chi connectivity index (χ0v) is 21.6. The Morgan fingerprint density at radius 3 is 2.37 bits per heavy atom. The van der Waals surface area contributed by atoms with E-state index in [1.54, 1.807) is 0 Å². The number of fused-ring (bicyclic) bond motifs is 1. The molecule has 0 saturated heterocycles. The van der Waals surface area contributed by atoms with Crippen LogP contribution in [0.25, 0.3) is 10.9 Å². The van der Waals surface area contributed by atoms with Crippen molar-refractivity contribution < 1.29 is 4.79 Å². The molecule has 3 aromatic carbocycles. The van der Waals surface area contributed by atoms with Gasteiger partial charge in [0.15, 0.2) is 0 Å². The number of rotatable bonds is 10. The zero-order chi connectivity index (χ0) is 24.8. The summed E-state index contributed by atoms with van der Waals surface area (Å²) in [6, 6.07) is 24.5. The van der Waals surface area contributed by atoms with Crippen LogP contribution in [0.5, 0.6) is 0 Å². The van der Waals surface area contributed by atoms with E-state index in [1.807, 2.05) is 61.5 Å². The van der Waals surface area contributed by atoms with Crippen LogP contribution in [-0.4, -0.2) is 47.9 Å². The molecule has 0 radical (unpaired) electrons. The summed E-state index contributed by atoms with van der Waals surface area (Å²) in [4.78, 5) is 21.4. The monoisotopic (exact) mass is 487 g/mol. The van der Waals surface area contributed by atoms with Crippen LogP contribution in [-0.2, 0) is 17.8 Å². The van der Waals surface area contributed by atoms with Crippen LogP contribution in [0.4, 0.5) is 0 Å². The molecule has 1 aromatic heterocycles. The lowest BCUT2D eigenvalue weighted by atomic mass is 9.87. The number of para-hydroxylation sites is 1. The molecule has 182 valence electrons. The van der Waals surface area contributed by atoms with Gasteiger partial charge in [-0.1, -0.05) is 85.3 Å². The van der Waals surface area contributed by atoms with Crippen molar-refractivity contribution in [1.29, 1.82) is 0 Å². The number of halogens is 1. The van der Waals surface area contributed by atoms with Crippen LogP contribution in [0, 0.1) is 0 Å². The van der Waals surface area contributed by atoms with Gasteiger partial charge in [-0.25, -0.2) is 0 Å². The van der Waals surface area contributed by atoms with E-state index >= 15 is 0 Å². The number of hydrogen-bond donors (Lipinski definition) is 1. The van der Waals surface area contributed by atoms with Gasteiger partial charge in [0.2, 0.25) is 5.91 Å². The van der Waals surface area contributed by atoms with Crippen LogP contribution in [0.1, 0.15) is 41.5 Å². The molecule has 0 aliphatic heterocycles. The number of carbonyl (C=O) groups is 1. The van der Waals surface area contributed by atoms with E-state index in [0.29, 0.717) is 24.5 Å². The molecule has 1 amide bonds. The van der Waals surface area contributed by atoms with Gasteiger partial charge in [0.05, 0.1) is 0 Å². The van der Waals surface area contributed by atoms with Gasteiger partial charge < -0.3 is 14.8 Å². The summed E-state index contributed by atoms with van der Waals surface area (Å²) in [6.45, 7) is 4.24. The van der Waals surface area contributed by atoms with Crippen LogP contribution >= 0.6 is 11.6 Å². The maximum Gasteiger partial charge on any atom is 0.223 e. The Labute approximate surface area is 213 Å². The van der Waals surface area contributed by atoms with Gasteiger partial charge in [-0.05, 0) is 48.8 Å². The molecule has 1 N–H and O–H groups in total. The Kier molecular flexibility index (Phi) is 8.27. The highest BCUT2D eigenvalue weighted by Gasteiger charge is 2.26. The fourth-order valence-electron chi connectivity index (χ4n) is 4.69. The number of H-pyrrole nitrogens is 1. The molecule has 0 aliphatic rings. The van der Waals surface area contributed by atoms with Crippen molar-refractivity contribution in [3.63, 3.8) is 0 Å². The van der Waals surface area contributed by atoms with Gasteiger partial charge in [0.25, 0.3) is 0 Å². The first-order chi connectivity index (χ1) is 17.0. The fourth-order valence-corrected chi connectivity index (χ4v) is 4.95. The Balaban J connectivity index is 1.71. The lowest BCUT2D eigenvalue weighted by Gasteiger charge is -2.27. The summed E-state index contributed by atoms with van der Waals surface area (Å²) >= 11 is 6.70. The molecule has 1 heterocycles. The fraction of sp³-hybridized carbons (Fsp3) is 0.300. The smallest absolute Gasteiger partial charge is 0.223 e. The van der Waals surface area contributed by atoms with Gasteiger partial charge in [0.1, 0.15) is 0 Å². The number of nitrogens with one attached hydrogen (secondary N) is 1. The number of aromatic amines is 1. The first-order valence-electron chi connectivity index (χ1n) is 12.3. The second-order valence-electron chi connectivity index (χ2n) is 9.32. The van der Waals surface area contributed by atoms with Crippen molar-refractivity contribution in [3.8, 4) is 0 Å². The SMILES string of the molecule is CCc1cccc2c([C@@H](CC(=O)N(CCN(C)C)Cc3ccccc3)c3ccccc3Cl)c[nH]c12. The number of benzene rings is 3. The third kappa shape index (κ3) is 5.95. The summed E-state index contributed by atoms with van der Waals surface area (Å²) in [6.07, 6.45) is 3.36. The molecule has 0 unspecified atom stereocenters. The summed E-state index contributed by atoms with van der Waals surface area (Å²) in [7, 11) is 4.07. The molecule has 5 heteroatoms. The highest BCUT2D eigenvalue weighted by atomic mass is 35.5. The second-order valence-corrected chi connectivity index (χ2v) is 9.73. The second kappa shape index (κ2) is 11.6. The van der Waals surface area contributed by atoms with E-state index in [1.165, 1.54) is 5.56 Å². The van der Waals surface area contributed by atoms with E-state index < -0.39 is 0 Å². The quantitative estimate of drug-likeness (QED) is 0.277. The first-order valence-corrected chi connectivity index (χ1v) is 12.7. The zero-order valence-electron chi connectivity index (χ0n) is 20.8. The van der Waals surface area contributed by atoms with Crippen LogP contribution in [0.3, 0.4) is 0 Å². The van der Waals surface area contributed by atoms with E-state index in [2.05, 4.69) is 53.3 Å². The number of hydrogen-bond acceptors (Lipinski definition) is 2. The largest absolute Gasteiger partial charge is 0.361 e.